The molecule has 0 aliphatic carbocycles. The van der Waals surface area contributed by atoms with E-state index in [9.17, 15) is 0 Å². The zero-order valence-corrected chi connectivity index (χ0v) is 18.1. The predicted octanol–water partition coefficient (Wildman–Crippen LogP) is 6.79. The number of aromatic nitrogens is 3. The van der Waals surface area contributed by atoms with Gasteiger partial charge in [-0.15, -0.1) is 0 Å². The van der Waals surface area contributed by atoms with Crippen molar-refractivity contribution in [1.82, 2.24) is 15.0 Å². The molecule has 0 spiro atoms. The third-order valence-corrected chi connectivity index (χ3v) is 6.14. The van der Waals surface area contributed by atoms with E-state index >= 15 is 0 Å². The van der Waals surface area contributed by atoms with Crippen LogP contribution in [-0.4, -0.2) is 15.0 Å². The van der Waals surface area contributed by atoms with Crippen LogP contribution in [0.3, 0.4) is 0 Å². The lowest BCUT2D eigenvalue weighted by atomic mass is 9.93. The van der Waals surface area contributed by atoms with E-state index in [0.717, 1.165) is 17.5 Å². The Kier molecular flexibility index (Phi) is 4.95. The van der Waals surface area contributed by atoms with Crippen LogP contribution in [-0.2, 0) is 0 Å². The molecule has 0 bridgehead atoms. The molecule has 0 fully saturated rings. The standard InChI is InChI=1S/C28H25N3/c1-18(23-16-8-12-21-10-4-6-14-25(21)23)27-29-20(3)30-28(31-27)19(2)24-17-9-13-22-11-5-7-15-26(22)24/h4-19H,1-3H3. The third-order valence-electron chi connectivity index (χ3n) is 6.14. The minimum absolute atomic E-state index is 0.0752. The first-order valence-corrected chi connectivity index (χ1v) is 10.8. The molecule has 1 heterocycles. The second-order valence-corrected chi connectivity index (χ2v) is 8.18. The van der Waals surface area contributed by atoms with Gasteiger partial charge in [0.05, 0.1) is 0 Å². The van der Waals surface area contributed by atoms with E-state index in [0.29, 0.717) is 0 Å². The number of nitrogens with zero attached hydrogens (tertiary/aromatic N) is 3. The molecule has 2 unspecified atom stereocenters. The molecule has 0 saturated heterocycles. The summed E-state index contributed by atoms with van der Waals surface area (Å²) < 4.78 is 0. The van der Waals surface area contributed by atoms with Gasteiger partial charge in [-0.2, -0.15) is 0 Å². The monoisotopic (exact) mass is 403 g/mol. The van der Waals surface area contributed by atoms with Crippen LogP contribution in [0.25, 0.3) is 21.5 Å². The van der Waals surface area contributed by atoms with Gasteiger partial charge in [-0.1, -0.05) is 98.8 Å². The van der Waals surface area contributed by atoms with E-state index in [-0.39, 0.29) is 11.8 Å². The van der Waals surface area contributed by atoms with Crippen molar-refractivity contribution in [2.24, 2.45) is 0 Å². The molecular formula is C28H25N3. The smallest absolute Gasteiger partial charge is 0.139 e. The number of aryl methyl sites for hydroxylation is 1. The minimum Gasteiger partial charge on any atom is -0.218 e. The molecule has 0 amide bonds. The average molecular weight is 404 g/mol. The molecule has 5 rings (SSSR count). The van der Waals surface area contributed by atoms with Crippen molar-refractivity contribution >= 4 is 21.5 Å². The molecule has 31 heavy (non-hydrogen) atoms. The number of hydrogen-bond donors (Lipinski definition) is 0. The van der Waals surface area contributed by atoms with E-state index < -0.39 is 0 Å². The summed E-state index contributed by atoms with van der Waals surface area (Å²) in [7, 11) is 0. The molecule has 2 atom stereocenters. The molecule has 0 saturated carbocycles. The molecular weight excluding hydrogens is 378 g/mol. The van der Waals surface area contributed by atoms with Gasteiger partial charge in [0.1, 0.15) is 17.5 Å². The van der Waals surface area contributed by atoms with E-state index in [2.05, 4.69) is 98.8 Å². The Morgan fingerprint density at radius 3 is 1.42 bits per heavy atom. The highest BCUT2D eigenvalue weighted by Gasteiger charge is 2.20. The highest BCUT2D eigenvalue weighted by Crippen LogP contribution is 2.32. The Morgan fingerprint density at radius 2 is 0.935 bits per heavy atom. The van der Waals surface area contributed by atoms with Gasteiger partial charge in [0.15, 0.2) is 0 Å². The number of rotatable bonds is 4. The van der Waals surface area contributed by atoms with Crippen molar-refractivity contribution in [2.45, 2.75) is 32.6 Å². The summed E-state index contributed by atoms with van der Waals surface area (Å²) >= 11 is 0. The number of hydrogen-bond acceptors (Lipinski definition) is 3. The summed E-state index contributed by atoms with van der Waals surface area (Å²) in [5.74, 6) is 2.56. The Labute approximate surface area is 182 Å². The van der Waals surface area contributed by atoms with Crippen LogP contribution in [0.5, 0.6) is 0 Å². The fourth-order valence-corrected chi connectivity index (χ4v) is 4.45. The Bertz CT molecular complexity index is 1280. The molecule has 5 aromatic rings. The van der Waals surface area contributed by atoms with Crippen LogP contribution in [0.1, 0.15) is 54.3 Å². The van der Waals surface area contributed by atoms with Gasteiger partial charge in [-0.25, -0.2) is 15.0 Å². The van der Waals surface area contributed by atoms with Crippen LogP contribution in [0, 0.1) is 6.92 Å². The van der Waals surface area contributed by atoms with Gasteiger partial charge in [0.25, 0.3) is 0 Å². The first-order chi connectivity index (χ1) is 15.1. The van der Waals surface area contributed by atoms with Crippen molar-refractivity contribution < 1.29 is 0 Å². The van der Waals surface area contributed by atoms with Crippen molar-refractivity contribution in [3.8, 4) is 0 Å². The Morgan fingerprint density at radius 1 is 0.516 bits per heavy atom. The third kappa shape index (κ3) is 3.57. The maximum Gasteiger partial charge on any atom is 0.139 e. The summed E-state index contributed by atoms with van der Waals surface area (Å²) in [6.07, 6.45) is 0. The number of fused-ring (bicyclic) bond motifs is 2. The van der Waals surface area contributed by atoms with Crippen LogP contribution in [0.4, 0.5) is 0 Å². The Balaban J connectivity index is 1.59. The second-order valence-electron chi connectivity index (χ2n) is 8.18. The molecule has 0 aliphatic rings. The lowest BCUT2D eigenvalue weighted by Crippen LogP contribution is -2.12. The van der Waals surface area contributed by atoms with Gasteiger partial charge in [-0.05, 0) is 39.6 Å². The van der Waals surface area contributed by atoms with Gasteiger partial charge in [-0.3, -0.25) is 0 Å². The number of benzene rings is 4. The molecule has 4 aromatic carbocycles. The molecule has 3 heteroatoms. The summed E-state index contributed by atoms with van der Waals surface area (Å²) in [5, 5.41) is 4.97. The zero-order chi connectivity index (χ0) is 21.4. The van der Waals surface area contributed by atoms with E-state index in [1.54, 1.807) is 0 Å². The average Bonchev–Trinajstić information content (AvgIpc) is 2.82. The summed E-state index contributed by atoms with van der Waals surface area (Å²) in [6.45, 7) is 6.33. The quantitative estimate of drug-likeness (QED) is 0.332. The maximum absolute atomic E-state index is 4.98. The predicted molar refractivity (Wildman–Crippen MR) is 127 cm³/mol. The zero-order valence-electron chi connectivity index (χ0n) is 18.1. The van der Waals surface area contributed by atoms with Crippen molar-refractivity contribution in [2.75, 3.05) is 0 Å². The molecule has 3 nitrogen and oxygen atoms in total. The van der Waals surface area contributed by atoms with E-state index in [1.807, 2.05) is 6.92 Å². The largest absolute Gasteiger partial charge is 0.218 e. The van der Waals surface area contributed by atoms with E-state index in [1.165, 1.54) is 32.7 Å². The molecule has 152 valence electrons. The van der Waals surface area contributed by atoms with Crippen LogP contribution in [0.2, 0.25) is 0 Å². The SMILES string of the molecule is Cc1nc(C(C)c2cccc3ccccc23)nc(C(C)c2cccc3ccccc23)n1. The maximum atomic E-state index is 4.98. The fraction of sp³-hybridized carbons (Fsp3) is 0.179. The second kappa shape index (κ2) is 7.92. The molecule has 0 radical (unpaired) electrons. The van der Waals surface area contributed by atoms with Crippen LogP contribution < -0.4 is 0 Å². The Hall–Kier alpha value is -3.59. The lowest BCUT2D eigenvalue weighted by Gasteiger charge is -2.18. The van der Waals surface area contributed by atoms with Crippen molar-refractivity contribution in [3.63, 3.8) is 0 Å². The normalized spacial score (nSPS) is 13.4. The summed E-state index contributed by atoms with van der Waals surface area (Å²) in [5.41, 5.74) is 2.49. The highest BCUT2D eigenvalue weighted by molar-refractivity contribution is 5.87. The topological polar surface area (TPSA) is 38.7 Å². The first-order valence-electron chi connectivity index (χ1n) is 10.8. The minimum atomic E-state index is 0.0752. The van der Waals surface area contributed by atoms with Crippen molar-refractivity contribution in [1.29, 1.82) is 0 Å². The summed E-state index contributed by atoms with van der Waals surface area (Å²) in [4.78, 5) is 14.4. The lowest BCUT2D eigenvalue weighted by molar-refractivity contribution is 0.716. The van der Waals surface area contributed by atoms with Crippen LogP contribution in [0.15, 0.2) is 84.9 Å². The van der Waals surface area contributed by atoms with Crippen molar-refractivity contribution in [3.05, 3.63) is 114 Å². The molecule has 0 N–H and O–H groups in total. The van der Waals surface area contributed by atoms with Gasteiger partial charge >= 0.3 is 0 Å². The summed E-state index contributed by atoms with van der Waals surface area (Å²) in [6, 6.07) is 29.9. The first kappa shape index (κ1) is 19.4. The van der Waals surface area contributed by atoms with Gasteiger partial charge < -0.3 is 0 Å². The van der Waals surface area contributed by atoms with Crippen LogP contribution >= 0.6 is 0 Å². The highest BCUT2D eigenvalue weighted by atomic mass is 15.0. The van der Waals surface area contributed by atoms with E-state index in [4.69, 9.17) is 15.0 Å². The molecule has 1 aromatic heterocycles. The molecule has 0 aliphatic heterocycles. The fourth-order valence-electron chi connectivity index (χ4n) is 4.45. The van der Waals surface area contributed by atoms with Gasteiger partial charge in [0, 0.05) is 11.8 Å². The van der Waals surface area contributed by atoms with Gasteiger partial charge in [0.2, 0.25) is 0 Å².